The molecule has 2 N–H and O–H groups in total. The van der Waals surface area contributed by atoms with Gasteiger partial charge in [-0.2, -0.15) is 0 Å². The topological polar surface area (TPSA) is 39.7 Å². The second-order valence-corrected chi connectivity index (χ2v) is 4.96. The van der Waals surface area contributed by atoms with Gasteiger partial charge in [0, 0.05) is 19.6 Å². The molecule has 1 rings (SSSR count). The molecular formula is C16H28FIN4. The molecule has 6 heteroatoms. The average Bonchev–Trinajstić information content (AvgIpc) is 2.49. The van der Waals surface area contributed by atoms with Crippen molar-refractivity contribution in [2.24, 2.45) is 4.99 Å². The van der Waals surface area contributed by atoms with Crippen LogP contribution < -0.4 is 10.6 Å². The van der Waals surface area contributed by atoms with Crippen LogP contribution in [-0.2, 0) is 6.42 Å². The molecule has 0 spiro atoms. The van der Waals surface area contributed by atoms with Crippen molar-refractivity contribution in [3.05, 3.63) is 35.6 Å². The summed E-state index contributed by atoms with van der Waals surface area (Å²) in [7, 11) is 2.09. The summed E-state index contributed by atoms with van der Waals surface area (Å²) in [6.45, 7) is 8.56. The molecular weight excluding hydrogens is 394 g/mol. The van der Waals surface area contributed by atoms with Crippen LogP contribution in [0.2, 0.25) is 0 Å². The molecule has 0 amide bonds. The fourth-order valence-corrected chi connectivity index (χ4v) is 1.81. The normalized spacial score (nSPS) is 11.2. The summed E-state index contributed by atoms with van der Waals surface area (Å²) in [5.74, 6) is 0.644. The first kappa shape index (κ1) is 21.1. The van der Waals surface area contributed by atoms with Crippen LogP contribution in [0.15, 0.2) is 29.3 Å². The Hall–Kier alpha value is -0.890. The first-order chi connectivity index (χ1) is 10.2. The smallest absolute Gasteiger partial charge is 0.191 e. The van der Waals surface area contributed by atoms with Gasteiger partial charge in [0.25, 0.3) is 0 Å². The third-order valence-corrected chi connectivity index (χ3v) is 3.26. The summed E-state index contributed by atoms with van der Waals surface area (Å²) < 4.78 is 12.8. The highest BCUT2D eigenvalue weighted by molar-refractivity contribution is 14.0. The molecule has 0 atom stereocenters. The van der Waals surface area contributed by atoms with Gasteiger partial charge in [-0.25, -0.2) is 4.39 Å². The van der Waals surface area contributed by atoms with Gasteiger partial charge in [0.2, 0.25) is 0 Å². The zero-order chi connectivity index (χ0) is 15.5. The minimum absolute atomic E-state index is 0. The molecule has 126 valence electrons. The molecule has 0 aromatic heterocycles. The van der Waals surface area contributed by atoms with Crippen molar-refractivity contribution in [2.75, 3.05) is 39.8 Å². The highest BCUT2D eigenvalue weighted by Crippen LogP contribution is 2.02. The number of nitrogens with zero attached hydrogens (tertiary/aromatic N) is 2. The summed E-state index contributed by atoms with van der Waals surface area (Å²) in [6.07, 6.45) is 0.847. The molecule has 0 radical (unpaired) electrons. The fourth-order valence-electron chi connectivity index (χ4n) is 1.81. The van der Waals surface area contributed by atoms with Gasteiger partial charge in [-0.05, 0) is 44.6 Å². The zero-order valence-electron chi connectivity index (χ0n) is 13.7. The van der Waals surface area contributed by atoms with E-state index in [9.17, 15) is 4.39 Å². The lowest BCUT2D eigenvalue weighted by atomic mass is 10.1. The maximum atomic E-state index is 12.8. The molecule has 0 bridgehead atoms. The number of rotatable bonds is 8. The molecule has 0 heterocycles. The largest absolute Gasteiger partial charge is 0.357 e. The van der Waals surface area contributed by atoms with Crippen LogP contribution in [0.3, 0.4) is 0 Å². The van der Waals surface area contributed by atoms with E-state index in [-0.39, 0.29) is 29.8 Å². The number of likely N-dealkylation sites (N-methyl/N-ethyl adjacent to an activating group) is 1. The Kier molecular flexibility index (Phi) is 12.1. The monoisotopic (exact) mass is 422 g/mol. The standard InChI is InChI=1S/C16H27FN4.HI/c1-4-18-16(20-12-13-21(3)5-2)19-11-10-14-6-8-15(17)9-7-14;/h6-9H,4-5,10-13H2,1-3H3,(H2,18,19,20);1H. The lowest BCUT2D eigenvalue weighted by Crippen LogP contribution is -2.38. The first-order valence-corrected chi connectivity index (χ1v) is 7.60. The Balaban J connectivity index is 0.00000441. The second kappa shape index (κ2) is 12.6. The van der Waals surface area contributed by atoms with Gasteiger partial charge >= 0.3 is 0 Å². The summed E-state index contributed by atoms with van der Waals surface area (Å²) in [4.78, 5) is 6.77. The third-order valence-electron chi connectivity index (χ3n) is 3.26. The van der Waals surface area contributed by atoms with Crippen molar-refractivity contribution < 1.29 is 4.39 Å². The lowest BCUT2D eigenvalue weighted by molar-refractivity contribution is 0.363. The summed E-state index contributed by atoms with van der Waals surface area (Å²) >= 11 is 0. The van der Waals surface area contributed by atoms with E-state index in [2.05, 4.69) is 41.4 Å². The van der Waals surface area contributed by atoms with Gasteiger partial charge in [0.15, 0.2) is 5.96 Å². The first-order valence-electron chi connectivity index (χ1n) is 7.60. The number of hydrogen-bond acceptors (Lipinski definition) is 2. The molecule has 0 fully saturated rings. The maximum absolute atomic E-state index is 12.8. The molecule has 0 aliphatic carbocycles. The summed E-state index contributed by atoms with van der Waals surface area (Å²) in [6, 6.07) is 6.62. The van der Waals surface area contributed by atoms with Gasteiger partial charge in [-0.1, -0.05) is 19.1 Å². The third kappa shape index (κ3) is 9.19. The molecule has 0 aliphatic rings. The van der Waals surface area contributed by atoms with E-state index in [1.807, 2.05) is 12.1 Å². The van der Waals surface area contributed by atoms with E-state index in [0.717, 1.165) is 50.7 Å². The van der Waals surface area contributed by atoms with E-state index in [1.165, 1.54) is 12.1 Å². The number of benzene rings is 1. The molecule has 0 unspecified atom stereocenters. The van der Waals surface area contributed by atoms with Gasteiger partial charge in [-0.15, -0.1) is 24.0 Å². The van der Waals surface area contributed by atoms with Gasteiger partial charge < -0.3 is 15.5 Å². The predicted molar refractivity (Wildman–Crippen MR) is 103 cm³/mol. The minimum atomic E-state index is -0.193. The fraction of sp³-hybridized carbons (Fsp3) is 0.562. The second-order valence-electron chi connectivity index (χ2n) is 4.96. The molecule has 4 nitrogen and oxygen atoms in total. The molecule has 1 aromatic carbocycles. The van der Waals surface area contributed by atoms with Crippen molar-refractivity contribution in [3.63, 3.8) is 0 Å². The molecule has 0 saturated carbocycles. The van der Waals surface area contributed by atoms with Gasteiger partial charge in [0.1, 0.15) is 5.82 Å². The van der Waals surface area contributed by atoms with Crippen molar-refractivity contribution in [1.29, 1.82) is 0 Å². The van der Waals surface area contributed by atoms with Crippen LogP contribution in [0.1, 0.15) is 19.4 Å². The van der Waals surface area contributed by atoms with Crippen LogP contribution in [0, 0.1) is 5.82 Å². The van der Waals surface area contributed by atoms with Crippen LogP contribution in [0.25, 0.3) is 0 Å². The Labute approximate surface area is 150 Å². The molecule has 0 aliphatic heterocycles. The van der Waals surface area contributed by atoms with E-state index in [4.69, 9.17) is 0 Å². The number of halogens is 2. The van der Waals surface area contributed by atoms with Crippen LogP contribution in [-0.4, -0.2) is 50.6 Å². The van der Waals surface area contributed by atoms with E-state index in [1.54, 1.807) is 0 Å². The van der Waals surface area contributed by atoms with Crippen LogP contribution in [0.5, 0.6) is 0 Å². The molecule has 22 heavy (non-hydrogen) atoms. The summed E-state index contributed by atoms with van der Waals surface area (Å²) in [5, 5.41) is 6.53. The van der Waals surface area contributed by atoms with E-state index in [0.29, 0.717) is 0 Å². The van der Waals surface area contributed by atoms with Crippen molar-refractivity contribution in [3.8, 4) is 0 Å². The predicted octanol–water partition coefficient (Wildman–Crippen LogP) is 2.49. The summed E-state index contributed by atoms with van der Waals surface area (Å²) in [5.41, 5.74) is 1.12. The highest BCUT2D eigenvalue weighted by Gasteiger charge is 1.99. The average molecular weight is 422 g/mol. The Morgan fingerprint density at radius 2 is 1.86 bits per heavy atom. The van der Waals surface area contributed by atoms with Gasteiger partial charge in [0.05, 0.1) is 6.54 Å². The van der Waals surface area contributed by atoms with E-state index < -0.39 is 0 Å². The van der Waals surface area contributed by atoms with Crippen molar-refractivity contribution in [1.82, 2.24) is 15.5 Å². The number of nitrogens with one attached hydrogen (secondary N) is 2. The lowest BCUT2D eigenvalue weighted by Gasteiger charge is -2.14. The number of hydrogen-bond donors (Lipinski definition) is 2. The zero-order valence-corrected chi connectivity index (χ0v) is 16.1. The molecule has 0 saturated heterocycles. The van der Waals surface area contributed by atoms with Crippen molar-refractivity contribution in [2.45, 2.75) is 20.3 Å². The quantitative estimate of drug-likeness (QED) is 0.384. The maximum Gasteiger partial charge on any atom is 0.191 e. The number of guanidine groups is 1. The number of aliphatic imine (C=N–C) groups is 1. The van der Waals surface area contributed by atoms with Crippen LogP contribution in [0.4, 0.5) is 4.39 Å². The minimum Gasteiger partial charge on any atom is -0.357 e. The van der Waals surface area contributed by atoms with Crippen LogP contribution >= 0.6 is 24.0 Å². The highest BCUT2D eigenvalue weighted by atomic mass is 127. The Morgan fingerprint density at radius 1 is 1.18 bits per heavy atom. The van der Waals surface area contributed by atoms with Gasteiger partial charge in [-0.3, -0.25) is 4.99 Å². The van der Waals surface area contributed by atoms with Crippen molar-refractivity contribution >= 4 is 29.9 Å². The van der Waals surface area contributed by atoms with E-state index >= 15 is 0 Å². The Morgan fingerprint density at radius 3 is 2.45 bits per heavy atom. The Bertz CT molecular complexity index is 423. The molecule has 1 aromatic rings. The SMILES string of the molecule is CCNC(=NCCN(C)CC)NCCc1ccc(F)cc1.I.